The third-order valence-corrected chi connectivity index (χ3v) is 5.30. The highest BCUT2D eigenvalue weighted by Crippen LogP contribution is 2.40. The number of ketones is 1. The predicted octanol–water partition coefficient (Wildman–Crippen LogP) is 2.98. The fourth-order valence-electron chi connectivity index (χ4n) is 3.73. The van der Waals surface area contributed by atoms with Gasteiger partial charge in [-0.05, 0) is 56.9 Å². The molecule has 1 aliphatic heterocycles. The Kier molecular flexibility index (Phi) is 6.89. The zero-order chi connectivity index (χ0) is 23.4. The Morgan fingerprint density at radius 2 is 1.88 bits per heavy atom. The number of nitro groups is 1. The SMILES string of the molecule is COc1ccc(C(O)=C2C(=O)C(=O)N(CCCN(C)C)[C@@H]2c2cccc([N+](=O)[O-])c2)cc1. The van der Waals surface area contributed by atoms with Crippen molar-refractivity contribution in [3.05, 3.63) is 75.3 Å². The molecule has 0 aromatic heterocycles. The molecule has 0 unspecified atom stereocenters. The van der Waals surface area contributed by atoms with Crippen LogP contribution in [0, 0.1) is 10.1 Å². The second kappa shape index (κ2) is 9.61. The number of benzene rings is 2. The third-order valence-electron chi connectivity index (χ3n) is 5.30. The summed E-state index contributed by atoms with van der Waals surface area (Å²) in [5.41, 5.74) is 0.474. The van der Waals surface area contributed by atoms with Crippen molar-refractivity contribution >= 4 is 23.1 Å². The molecule has 0 spiro atoms. The Bertz CT molecular complexity index is 1060. The minimum atomic E-state index is -0.931. The van der Waals surface area contributed by atoms with Crippen molar-refractivity contribution in [2.45, 2.75) is 12.5 Å². The highest BCUT2D eigenvalue weighted by atomic mass is 16.6. The van der Waals surface area contributed by atoms with Crippen molar-refractivity contribution < 1.29 is 24.4 Å². The van der Waals surface area contributed by atoms with Gasteiger partial charge in [-0.2, -0.15) is 0 Å². The van der Waals surface area contributed by atoms with Crippen LogP contribution in [0.25, 0.3) is 5.76 Å². The van der Waals surface area contributed by atoms with Crippen LogP contribution in [0.1, 0.15) is 23.6 Å². The molecule has 0 aliphatic carbocycles. The first-order valence-corrected chi connectivity index (χ1v) is 10.1. The normalized spacial score (nSPS) is 17.8. The molecule has 0 radical (unpaired) electrons. The number of methoxy groups -OCH3 is 1. The molecular weight excluding hydrogens is 414 g/mol. The zero-order valence-corrected chi connectivity index (χ0v) is 18.1. The molecular formula is C23H25N3O6. The summed E-state index contributed by atoms with van der Waals surface area (Å²) in [6.07, 6.45) is 0.591. The number of carbonyl (C=O) groups excluding carboxylic acids is 2. The van der Waals surface area contributed by atoms with Gasteiger partial charge in [0.15, 0.2) is 0 Å². The first kappa shape index (κ1) is 23.0. The van der Waals surface area contributed by atoms with Gasteiger partial charge in [-0.1, -0.05) is 12.1 Å². The van der Waals surface area contributed by atoms with Gasteiger partial charge in [0.2, 0.25) is 0 Å². The molecule has 1 saturated heterocycles. The molecule has 1 N–H and O–H groups in total. The predicted molar refractivity (Wildman–Crippen MR) is 118 cm³/mol. The maximum Gasteiger partial charge on any atom is 0.295 e. The van der Waals surface area contributed by atoms with Gasteiger partial charge in [-0.15, -0.1) is 0 Å². The number of aliphatic hydroxyl groups is 1. The molecule has 9 heteroatoms. The second-order valence-corrected chi connectivity index (χ2v) is 7.73. The summed E-state index contributed by atoms with van der Waals surface area (Å²) in [6, 6.07) is 11.3. The molecule has 9 nitrogen and oxygen atoms in total. The molecule has 2 aromatic rings. The molecule has 3 rings (SSSR count). The van der Waals surface area contributed by atoms with Crippen LogP contribution < -0.4 is 4.74 Å². The second-order valence-electron chi connectivity index (χ2n) is 7.73. The monoisotopic (exact) mass is 439 g/mol. The van der Waals surface area contributed by atoms with Crippen LogP contribution in [0.5, 0.6) is 5.75 Å². The number of hydrogen-bond donors (Lipinski definition) is 1. The first-order chi connectivity index (χ1) is 15.2. The summed E-state index contributed by atoms with van der Waals surface area (Å²) < 4.78 is 5.12. The highest BCUT2D eigenvalue weighted by Gasteiger charge is 2.46. The van der Waals surface area contributed by atoms with Crippen molar-refractivity contribution in [3.8, 4) is 5.75 Å². The van der Waals surface area contributed by atoms with Crippen LogP contribution >= 0.6 is 0 Å². The van der Waals surface area contributed by atoms with Crippen molar-refractivity contribution in [1.29, 1.82) is 0 Å². The minimum absolute atomic E-state index is 0.0921. The molecule has 1 atom stereocenters. The minimum Gasteiger partial charge on any atom is -0.507 e. The fourth-order valence-corrected chi connectivity index (χ4v) is 3.73. The van der Waals surface area contributed by atoms with Crippen molar-refractivity contribution in [2.75, 3.05) is 34.3 Å². The van der Waals surface area contributed by atoms with Crippen LogP contribution in [0.3, 0.4) is 0 Å². The number of non-ortho nitro benzene ring substituents is 1. The summed E-state index contributed by atoms with van der Waals surface area (Å²) >= 11 is 0. The lowest BCUT2D eigenvalue weighted by atomic mass is 9.95. The van der Waals surface area contributed by atoms with E-state index in [1.54, 1.807) is 30.3 Å². The van der Waals surface area contributed by atoms with E-state index in [1.807, 2.05) is 19.0 Å². The molecule has 0 saturated carbocycles. The van der Waals surface area contributed by atoms with E-state index in [4.69, 9.17) is 4.74 Å². The number of nitrogens with zero attached hydrogens (tertiary/aromatic N) is 3. The number of rotatable bonds is 8. The van der Waals surface area contributed by atoms with Crippen LogP contribution in [-0.4, -0.2) is 65.8 Å². The average Bonchev–Trinajstić information content (AvgIpc) is 3.03. The largest absolute Gasteiger partial charge is 0.507 e. The maximum atomic E-state index is 13.0. The number of likely N-dealkylation sites (tertiary alicyclic amines) is 1. The van der Waals surface area contributed by atoms with E-state index in [2.05, 4.69) is 0 Å². The van der Waals surface area contributed by atoms with Gasteiger partial charge < -0.3 is 19.6 Å². The zero-order valence-electron chi connectivity index (χ0n) is 18.1. The van der Waals surface area contributed by atoms with E-state index in [0.717, 1.165) is 0 Å². The van der Waals surface area contributed by atoms with E-state index < -0.39 is 22.7 Å². The van der Waals surface area contributed by atoms with Crippen LogP contribution in [0.15, 0.2) is 54.1 Å². The summed E-state index contributed by atoms with van der Waals surface area (Å²) in [7, 11) is 5.31. The van der Waals surface area contributed by atoms with Gasteiger partial charge >= 0.3 is 0 Å². The van der Waals surface area contributed by atoms with Crippen LogP contribution in [0.4, 0.5) is 5.69 Å². The molecule has 1 fully saturated rings. The fraction of sp³-hybridized carbons (Fsp3) is 0.304. The quantitative estimate of drug-likeness (QED) is 0.221. The van der Waals surface area contributed by atoms with Gasteiger partial charge in [-0.3, -0.25) is 19.7 Å². The summed E-state index contributed by atoms with van der Waals surface area (Å²) in [4.78, 5) is 40.0. The number of ether oxygens (including phenoxy) is 1. The summed E-state index contributed by atoms with van der Waals surface area (Å²) in [5.74, 6) is -1.33. The molecule has 32 heavy (non-hydrogen) atoms. The van der Waals surface area contributed by atoms with Gasteiger partial charge in [0.25, 0.3) is 17.4 Å². The van der Waals surface area contributed by atoms with Crippen LogP contribution in [-0.2, 0) is 9.59 Å². The van der Waals surface area contributed by atoms with E-state index in [-0.39, 0.29) is 23.6 Å². The number of Topliss-reactive ketones (excluding diaryl/α,β-unsaturated/α-hetero) is 1. The number of amides is 1. The number of nitro benzene ring substituents is 1. The lowest BCUT2D eigenvalue weighted by molar-refractivity contribution is -0.384. The Morgan fingerprint density at radius 1 is 1.19 bits per heavy atom. The van der Waals surface area contributed by atoms with Gasteiger partial charge in [0.1, 0.15) is 11.5 Å². The van der Waals surface area contributed by atoms with E-state index in [0.29, 0.717) is 29.8 Å². The van der Waals surface area contributed by atoms with Crippen molar-refractivity contribution in [3.63, 3.8) is 0 Å². The lowest BCUT2D eigenvalue weighted by Gasteiger charge is -2.25. The highest BCUT2D eigenvalue weighted by molar-refractivity contribution is 6.46. The standard InChI is InChI=1S/C23H25N3O6/c1-24(2)12-5-13-25-20(16-6-4-7-17(14-16)26(30)31)19(22(28)23(25)29)21(27)15-8-10-18(32-3)11-9-15/h4,6-11,14,20,27H,5,12-13H2,1-3H3/t20-/m1/s1. The number of aliphatic hydroxyl groups excluding tert-OH is 1. The molecule has 2 aromatic carbocycles. The van der Waals surface area contributed by atoms with Crippen LogP contribution in [0.2, 0.25) is 0 Å². The summed E-state index contributed by atoms with van der Waals surface area (Å²) in [5, 5.41) is 22.3. The van der Waals surface area contributed by atoms with Crippen molar-refractivity contribution in [1.82, 2.24) is 9.80 Å². The topological polar surface area (TPSA) is 113 Å². The van der Waals surface area contributed by atoms with Gasteiger partial charge in [0, 0.05) is 24.2 Å². The first-order valence-electron chi connectivity index (χ1n) is 10.1. The van der Waals surface area contributed by atoms with E-state index in [9.17, 15) is 24.8 Å². The maximum absolute atomic E-state index is 13.0. The Labute approximate surface area is 185 Å². The van der Waals surface area contributed by atoms with Gasteiger partial charge in [-0.25, -0.2) is 0 Å². The van der Waals surface area contributed by atoms with Gasteiger partial charge in [0.05, 0.1) is 23.6 Å². The number of hydrogen-bond acceptors (Lipinski definition) is 7. The Hall–Kier alpha value is -3.72. The van der Waals surface area contributed by atoms with E-state index in [1.165, 1.54) is 30.2 Å². The molecule has 1 aliphatic rings. The molecule has 168 valence electrons. The smallest absolute Gasteiger partial charge is 0.295 e. The molecule has 0 bridgehead atoms. The Morgan fingerprint density at radius 3 is 2.47 bits per heavy atom. The Balaban J connectivity index is 2.12. The molecule has 1 heterocycles. The number of carbonyl (C=O) groups is 2. The van der Waals surface area contributed by atoms with Crippen molar-refractivity contribution in [2.24, 2.45) is 0 Å². The third kappa shape index (κ3) is 4.62. The lowest BCUT2D eigenvalue weighted by Crippen LogP contribution is -2.32. The summed E-state index contributed by atoms with van der Waals surface area (Å²) in [6.45, 7) is 0.943. The van der Waals surface area contributed by atoms with E-state index >= 15 is 0 Å². The molecule has 1 amide bonds. The average molecular weight is 439 g/mol.